The fraction of sp³-hybridized carbons (Fsp3) is 0.444. The van der Waals surface area contributed by atoms with E-state index in [0.717, 1.165) is 72.9 Å². The summed E-state index contributed by atoms with van der Waals surface area (Å²) >= 11 is 1.65. The minimum atomic E-state index is 0.862. The maximum atomic E-state index is 5.66. The Morgan fingerprint density at radius 3 is 2.32 bits per heavy atom. The summed E-state index contributed by atoms with van der Waals surface area (Å²) in [6.07, 6.45) is 0. The zero-order chi connectivity index (χ0) is 17.2. The minimum Gasteiger partial charge on any atom is -0.459 e. The van der Waals surface area contributed by atoms with Crippen molar-refractivity contribution in [3.05, 3.63) is 46.5 Å². The van der Waals surface area contributed by atoms with Crippen LogP contribution in [-0.4, -0.2) is 46.1 Å². The Hall–Kier alpha value is -1.96. The predicted octanol–water partition coefficient (Wildman–Crippen LogP) is 3.33. The Bertz CT molecular complexity index is 830. The minimum absolute atomic E-state index is 0.862. The van der Waals surface area contributed by atoms with Crippen LogP contribution >= 0.6 is 11.3 Å². The number of aryl methyl sites for hydroxylation is 2. The lowest BCUT2D eigenvalue weighted by atomic mass is 10.2. The first kappa shape index (κ1) is 16.5. The molecule has 7 heteroatoms. The topological polar surface area (TPSA) is 58.5 Å². The highest BCUT2D eigenvalue weighted by Crippen LogP contribution is 2.26. The van der Waals surface area contributed by atoms with Crippen molar-refractivity contribution in [3.63, 3.8) is 0 Å². The Balaban J connectivity index is 1.29. The van der Waals surface area contributed by atoms with Gasteiger partial charge in [-0.1, -0.05) is 5.16 Å². The lowest BCUT2D eigenvalue weighted by molar-refractivity contribution is 0.119. The van der Waals surface area contributed by atoms with E-state index in [1.54, 1.807) is 11.3 Å². The first-order chi connectivity index (χ1) is 12.2. The monoisotopic (exact) mass is 358 g/mol. The first-order valence-corrected chi connectivity index (χ1v) is 9.42. The van der Waals surface area contributed by atoms with E-state index >= 15 is 0 Å². The van der Waals surface area contributed by atoms with Crippen LogP contribution < -0.4 is 0 Å². The highest BCUT2D eigenvalue weighted by molar-refractivity contribution is 7.13. The molecule has 3 aromatic heterocycles. The number of hydrogen-bond donors (Lipinski definition) is 0. The maximum absolute atomic E-state index is 5.66. The van der Waals surface area contributed by atoms with E-state index in [0.29, 0.717) is 0 Å². The van der Waals surface area contributed by atoms with E-state index in [1.807, 2.05) is 32.0 Å². The highest BCUT2D eigenvalue weighted by Gasteiger charge is 2.19. The van der Waals surface area contributed by atoms with Gasteiger partial charge < -0.3 is 8.94 Å². The van der Waals surface area contributed by atoms with Gasteiger partial charge in [-0.25, -0.2) is 4.98 Å². The molecule has 1 aliphatic rings. The van der Waals surface area contributed by atoms with Crippen molar-refractivity contribution in [1.29, 1.82) is 0 Å². The molecular weight excluding hydrogens is 336 g/mol. The molecule has 0 aliphatic carbocycles. The van der Waals surface area contributed by atoms with E-state index in [2.05, 4.69) is 20.3 Å². The van der Waals surface area contributed by atoms with Crippen LogP contribution in [0.15, 0.2) is 32.5 Å². The molecule has 6 nitrogen and oxygen atoms in total. The number of furan rings is 1. The molecule has 4 heterocycles. The molecule has 0 N–H and O–H groups in total. The lowest BCUT2D eigenvalue weighted by Gasteiger charge is -2.33. The van der Waals surface area contributed by atoms with Gasteiger partial charge >= 0.3 is 0 Å². The van der Waals surface area contributed by atoms with E-state index in [4.69, 9.17) is 13.9 Å². The number of thiazole rings is 1. The van der Waals surface area contributed by atoms with Gasteiger partial charge in [0, 0.05) is 50.7 Å². The summed E-state index contributed by atoms with van der Waals surface area (Å²) in [6, 6.07) is 5.98. The summed E-state index contributed by atoms with van der Waals surface area (Å²) in [4.78, 5) is 9.60. The van der Waals surface area contributed by atoms with E-state index in [-0.39, 0.29) is 0 Å². The molecule has 0 bridgehead atoms. The van der Waals surface area contributed by atoms with E-state index < -0.39 is 0 Å². The molecule has 1 saturated heterocycles. The molecule has 1 fully saturated rings. The fourth-order valence-corrected chi connectivity index (χ4v) is 3.87. The number of hydrogen-bond acceptors (Lipinski definition) is 7. The van der Waals surface area contributed by atoms with Gasteiger partial charge in [0.15, 0.2) is 10.8 Å². The summed E-state index contributed by atoms with van der Waals surface area (Å²) in [5.74, 6) is 2.66. The van der Waals surface area contributed by atoms with Gasteiger partial charge in [-0.05, 0) is 26.0 Å². The zero-order valence-electron chi connectivity index (χ0n) is 14.6. The normalized spacial score (nSPS) is 16.6. The first-order valence-electron chi connectivity index (χ1n) is 8.54. The number of rotatable bonds is 5. The number of aromatic nitrogens is 2. The van der Waals surface area contributed by atoms with Crippen molar-refractivity contribution in [2.45, 2.75) is 26.9 Å². The summed E-state index contributed by atoms with van der Waals surface area (Å²) in [6.45, 7) is 9.82. The standard InChI is InChI=1S/C18H22N4O2S/c1-13-3-4-17(23-13)18-19-16(12-25-18)11-22-7-5-21(6-8-22)10-15-9-14(2)24-20-15/h3-4,9,12H,5-8,10-11H2,1-2H3. The van der Waals surface area contributed by atoms with Gasteiger partial charge in [0.25, 0.3) is 0 Å². The van der Waals surface area contributed by atoms with Crippen LogP contribution in [0.4, 0.5) is 0 Å². The molecule has 0 radical (unpaired) electrons. The molecule has 0 atom stereocenters. The molecule has 3 aromatic rings. The molecule has 0 aromatic carbocycles. The average molecular weight is 358 g/mol. The Labute approximate surface area is 151 Å². The fourth-order valence-electron chi connectivity index (χ4n) is 3.10. The van der Waals surface area contributed by atoms with Crippen LogP contribution in [-0.2, 0) is 13.1 Å². The van der Waals surface area contributed by atoms with Crippen molar-refractivity contribution < 1.29 is 8.94 Å². The van der Waals surface area contributed by atoms with Crippen LogP contribution in [0.25, 0.3) is 10.8 Å². The smallest absolute Gasteiger partial charge is 0.162 e. The average Bonchev–Trinajstić information content (AvgIpc) is 3.31. The summed E-state index contributed by atoms with van der Waals surface area (Å²) < 4.78 is 10.8. The Morgan fingerprint density at radius 1 is 1.00 bits per heavy atom. The van der Waals surface area contributed by atoms with Crippen LogP contribution in [0.3, 0.4) is 0 Å². The van der Waals surface area contributed by atoms with E-state index in [1.165, 1.54) is 0 Å². The van der Waals surface area contributed by atoms with Crippen molar-refractivity contribution >= 4 is 11.3 Å². The molecule has 0 unspecified atom stereocenters. The van der Waals surface area contributed by atoms with Gasteiger partial charge in [-0.2, -0.15) is 0 Å². The van der Waals surface area contributed by atoms with Gasteiger partial charge in [0.05, 0.1) is 11.4 Å². The summed E-state index contributed by atoms with van der Waals surface area (Å²) in [5.41, 5.74) is 2.14. The third-order valence-electron chi connectivity index (χ3n) is 4.42. The van der Waals surface area contributed by atoms with Gasteiger partial charge in [0.2, 0.25) is 0 Å². The van der Waals surface area contributed by atoms with Crippen LogP contribution in [0.1, 0.15) is 22.9 Å². The summed E-state index contributed by atoms with van der Waals surface area (Å²) in [5, 5.41) is 7.18. The predicted molar refractivity (Wildman–Crippen MR) is 96.3 cm³/mol. The van der Waals surface area contributed by atoms with E-state index in [9.17, 15) is 0 Å². The third kappa shape index (κ3) is 4.00. The quantitative estimate of drug-likeness (QED) is 0.697. The second-order valence-corrected chi connectivity index (χ2v) is 7.39. The number of piperazine rings is 1. The maximum Gasteiger partial charge on any atom is 0.162 e. The van der Waals surface area contributed by atoms with Crippen molar-refractivity contribution in [1.82, 2.24) is 19.9 Å². The Kier molecular flexibility index (Phi) is 4.70. The number of nitrogens with zero attached hydrogens (tertiary/aromatic N) is 4. The summed E-state index contributed by atoms with van der Waals surface area (Å²) in [7, 11) is 0. The molecule has 4 rings (SSSR count). The van der Waals surface area contributed by atoms with Crippen molar-refractivity contribution in [2.24, 2.45) is 0 Å². The molecule has 132 valence electrons. The van der Waals surface area contributed by atoms with Crippen LogP contribution in [0.5, 0.6) is 0 Å². The van der Waals surface area contributed by atoms with Gasteiger partial charge in [-0.3, -0.25) is 9.80 Å². The molecule has 0 spiro atoms. The van der Waals surface area contributed by atoms with Gasteiger partial charge in [0.1, 0.15) is 11.5 Å². The second-order valence-electron chi connectivity index (χ2n) is 6.54. The van der Waals surface area contributed by atoms with Crippen molar-refractivity contribution in [2.75, 3.05) is 26.2 Å². The largest absolute Gasteiger partial charge is 0.459 e. The molecule has 0 amide bonds. The molecule has 25 heavy (non-hydrogen) atoms. The SMILES string of the molecule is Cc1cc(CN2CCN(Cc3csc(-c4ccc(C)o4)n3)CC2)no1. The van der Waals surface area contributed by atoms with Crippen LogP contribution in [0, 0.1) is 13.8 Å². The highest BCUT2D eigenvalue weighted by atomic mass is 32.1. The van der Waals surface area contributed by atoms with Crippen LogP contribution in [0.2, 0.25) is 0 Å². The molecular formula is C18H22N4O2S. The van der Waals surface area contributed by atoms with Gasteiger partial charge in [-0.15, -0.1) is 11.3 Å². The lowest BCUT2D eigenvalue weighted by Crippen LogP contribution is -2.45. The van der Waals surface area contributed by atoms with Crippen molar-refractivity contribution in [3.8, 4) is 10.8 Å². The Morgan fingerprint density at radius 2 is 1.72 bits per heavy atom. The third-order valence-corrected chi connectivity index (χ3v) is 5.32. The molecule has 0 saturated carbocycles. The zero-order valence-corrected chi connectivity index (χ0v) is 15.4. The molecule has 1 aliphatic heterocycles. The second kappa shape index (κ2) is 7.11.